The molecular formula is C8H16O5S. The van der Waals surface area contributed by atoms with E-state index in [-0.39, 0.29) is 6.61 Å². The molecule has 1 rings (SSSR count). The zero-order chi connectivity index (χ0) is 10.9. The van der Waals surface area contributed by atoms with E-state index in [4.69, 9.17) is 9.47 Å². The van der Waals surface area contributed by atoms with Crippen molar-refractivity contribution in [3.05, 3.63) is 0 Å². The zero-order valence-electron chi connectivity index (χ0n) is 8.12. The Bertz CT molecular complexity index is 202. The molecule has 0 aromatic carbocycles. The van der Waals surface area contributed by atoms with Crippen LogP contribution in [0.2, 0.25) is 0 Å². The first-order chi connectivity index (χ1) is 6.42. The lowest BCUT2D eigenvalue weighted by Gasteiger charge is -2.44. The van der Waals surface area contributed by atoms with E-state index < -0.39 is 29.5 Å². The van der Waals surface area contributed by atoms with Crippen LogP contribution in [0.1, 0.15) is 13.8 Å². The summed E-state index contributed by atoms with van der Waals surface area (Å²) in [5.41, 5.74) is 0. The van der Waals surface area contributed by atoms with Crippen LogP contribution in [-0.4, -0.2) is 51.5 Å². The molecule has 0 unspecified atom stereocenters. The monoisotopic (exact) mass is 224 g/mol. The maximum absolute atomic E-state index is 9.58. The Morgan fingerprint density at radius 3 is 2.43 bits per heavy atom. The molecule has 5 atom stereocenters. The summed E-state index contributed by atoms with van der Waals surface area (Å²) in [5.74, 6) is 0. The highest BCUT2D eigenvalue weighted by atomic mass is 32.1. The molecule has 0 aromatic heterocycles. The lowest BCUT2D eigenvalue weighted by molar-refractivity contribution is -0.310. The van der Waals surface area contributed by atoms with E-state index in [2.05, 4.69) is 12.6 Å². The van der Waals surface area contributed by atoms with Gasteiger partial charge in [0.05, 0.1) is 6.10 Å². The molecule has 6 heteroatoms. The van der Waals surface area contributed by atoms with Crippen molar-refractivity contribution in [2.24, 2.45) is 0 Å². The third-order valence-corrected chi connectivity index (χ3v) is 2.73. The van der Waals surface area contributed by atoms with Gasteiger partial charge in [-0.2, -0.15) is 0 Å². The van der Waals surface area contributed by atoms with Gasteiger partial charge < -0.3 is 24.8 Å². The average molecular weight is 224 g/mol. The van der Waals surface area contributed by atoms with Crippen LogP contribution >= 0.6 is 12.6 Å². The number of hydrogen-bond donors (Lipinski definition) is 4. The smallest absolute Gasteiger partial charge is 0.245 e. The highest BCUT2D eigenvalue weighted by Gasteiger charge is 2.51. The largest absolute Gasteiger partial charge is 0.388 e. The summed E-state index contributed by atoms with van der Waals surface area (Å²) >= 11 is 4.02. The number of ether oxygens (including phenoxy) is 2. The van der Waals surface area contributed by atoms with Crippen molar-refractivity contribution in [2.75, 3.05) is 6.61 Å². The lowest BCUT2D eigenvalue weighted by Crippen LogP contribution is -2.62. The number of aliphatic hydroxyl groups is 3. The average Bonchev–Trinajstić information content (AvgIpc) is 2.12. The molecule has 1 fully saturated rings. The Morgan fingerprint density at radius 1 is 1.36 bits per heavy atom. The number of hydrogen-bond acceptors (Lipinski definition) is 6. The molecule has 0 radical (unpaired) electrons. The molecule has 0 spiro atoms. The Hall–Kier alpha value is 0.150. The second-order valence-corrected chi connectivity index (χ2v) is 3.94. The number of thiol groups is 1. The van der Waals surface area contributed by atoms with Gasteiger partial charge in [0, 0.05) is 6.61 Å². The fourth-order valence-electron chi connectivity index (χ4n) is 1.41. The summed E-state index contributed by atoms with van der Waals surface area (Å²) in [5, 5.41) is 26.9. The van der Waals surface area contributed by atoms with Crippen LogP contribution in [0.15, 0.2) is 0 Å². The van der Waals surface area contributed by atoms with Gasteiger partial charge in [-0.3, -0.25) is 0 Å². The van der Waals surface area contributed by atoms with Crippen molar-refractivity contribution in [3.63, 3.8) is 0 Å². The van der Waals surface area contributed by atoms with E-state index in [1.54, 1.807) is 13.8 Å². The van der Waals surface area contributed by atoms with Crippen molar-refractivity contribution < 1.29 is 24.8 Å². The van der Waals surface area contributed by atoms with Crippen molar-refractivity contribution in [1.82, 2.24) is 0 Å². The fraction of sp³-hybridized carbons (Fsp3) is 1.00. The van der Waals surface area contributed by atoms with Crippen LogP contribution in [0, 0.1) is 0 Å². The van der Waals surface area contributed by atoms with Crippen LogP contribution in [0.4, 0.5) is 0 Å². The summed E-state index contributed by atoms with van der Waals surface area (Å²) in [4.78, 5) is 0. The van der Waals surface area contributed by atoms with Crippen molar-refractivity contribution in [2.45, 2.75) is 43.4 Å². The van der Waals surface area contributed by atoms with Gasteiger partial charge in [0.25, 0.3) is 0 Å². The molecule has 1 heterocycles. The number of rotatable bonds is 2. The summed E-state index contributed by atoms with van der Waals surface area (Å²) in [6, 6.07) is 0. The molecule has 3 N–H and O–H groups in total. The van der Waals surface area contributed by atoms with E-state index in [0.29, 0.717) is 0 Å². The molecule has 1 aliphatic heterocycles. The van der Waals surface area contributed by atoms with Gasteiger partial charge in [-0.05, 0) is 13.8 Å². The second-order valence-electron chi connectivity index (χ2n) is 3.31. The van der Waals surface area contributed by atoms with Crippen LogP contribution in [0.25, 0.3) is 0 Å². The van der Waals surface area contributed by atoms with Gasteiger partial charge in [-0.1, -0.05) is 0 Å². The van der Waals surface area contributed by atoms with E-state index in [1.807, 2.05) is 0 Å². The SMILES string of the molecule is CCO[C@@]1(S)O[C@@H](C)[C@@H](O)[C@@H](O)[C@@H]1O. The molecule has 0 amide bonds. The minimum Gasteiger partial charge on any atom is -0.388 e. The molecule has 0 aliphatic carbocycles. The van der Waals surface area contributed by atoms with Gasteiger partial charge >= 0.3 is 0 Å². The van der Waals surface area contributed by atoms with Gasteiger partial charge in [-0.15, -0.1) is 12.6 Å². The third kappa shape index (κ3) is 2.05. The van der Waals surface area contributed by atoms with Crippen LogP contribution in [-0.2, 0) is 9.47 Å². The predicted octanol–water partition coefficient (Wildman–Crippen LogP) is -0.892. The molecule has 1 saturated heterocycles. The van der Waals surface area contributed by atoms with Gasteiger partial charge in [0.2, 0.25) is 5.12 Å². The fourth-order valence-corrected chi connectivity index (χ4v) is 1.86. The highest BCUT2D eigenvalue weighted by molar-refractivity contribution is 7.81. The number of aliphatic hydroxyl groups excluding tert-OH is 3. The maximum atomic E-state index is 9.58. The summed E-state index contributed by atoms with van der Waals surface area (Å²) < 4.78 is 10.3. The molecule has 0 bridgehead atoms. The molecule has 5 nitrogen and oxygen atoms in total. The van der Waals surface area contributed by atoms with E-state index in [0.717, 1.165) is 0 Å². The molecule has 0 saturated carbocycles. The van der Waals surface area contributed by atoms with Gasteiger partial charge in [0.1, 0.15) is 18.3 Å². The summed E-state index contributed by atoms with van der Waals surface area (Å²) in [7, 11) is 0. The summed E-state index contributed by atoms with van der Waals surface area (Å²) in [6.45, 7) is 3.58. The molecular weight excluding hydrogens is 208 g/mol. The first kappa shape index (κ1) is 12.2. The minimum absolute atomic E-state index is 0.288. The minimum atomic E-state index is -1.55. The van der Waals surface area contributed by atoms with Crippen molar-refractivity contribution >= 4 is 12.6 Å². The summed E-state index contributed by atoms with van der Waals surface area (Å²) in [6.07, 6.45) is -4.47. The van der Waals surface area contributed by atoms with Crippen LogP contribution in [0.3, 0.4) is 0 Å². The molecule has 84 valence electrons. The van der Waals surface area contributed by atoms with E-state index >= 15 is 0 Å². The maximum Gasteiger partial charge on any atom is 0.245 e. The molecule has 1 aliphatic rings. The highest BCUT2D eigenvalue weighted by Crippen LogP contribution is 2.33. The lowest BCUT2D eigenvalue weighted by atomic mass is 10.00. The third-order valence-electron chi connectivity index (χ3n) is 2.23. The normalized spacial score (nSPS) is 49.3. The quantitative estimate of drug-likeness (QED) is 0.361. The molecule has 0 aromatic rings. The Balaban J connectivity index is 2.79. The van der Waals surface area contributed by atoms with Crippen molar-refractivity contribution in [1.29, 1.82) is 0 Å². The van der Waals surface area contributed by atoms with Crippen molar-refractivity contribution in [3.8, 4) is 0 Å². The van der Waals surface area contributed by atoms with Crippen LogP contribution < -0.4 is 0 Å². The second kappa shape index (κ2) is 4.34. The Kier molecular flexibility index (Phi) is 3.79. The Morgan fingerprint density at radius 2 is 1.93 bits per heavy atom. The first-order valence-electron chi connectivity index (χ1n) is 4.50. The Labute approximate surface area is 88.1 Å². The van der Waals surface area contributed by atoms with Crippen LogP contribution in [0.5, 0.6) is 0 Å². The van der Waals surface area contributed by atoms with Gasteiger partial charge in [0.15, 0.2) is 0 Å². The first-order valence-corrected chi connectivity index (χ1v) is 4.95. The standard InChI is InChI=1S/C8H16O5S/c1-3-12-8(14)7(11)6(10)5(9)4(2)13-8/h4-7,9-11,14H,3H2,1-2H3/t4-,5+,6+,7-,8+/m0/s1. The zero-order valence-corrected chi connectivity index (χ0v) is 9.02. The topological polar surface area (TPSA) is 79.2 Å². The predicted molar refractivity (Wildman–Crippen MR) is 51.9 cm³/mol. The van der Waals surface area contributed by atoms with E-state index in [9.17, 15) is 15.3 Å². The van der Waals surface area contributed by atoms with E-state index in [1.165, 1.54) is 0 Å². The van der Waals surface area contributed by atoms with Gasteiger partial charge in [-0.25, -0.2) is 0 Å². The molecule has 14 heavy (non-hydrogen) atoms.